The van der Waals surface area contributed by atoms with Gasteiger partial charge in [0.25, 0.3) is 0 Å². The summed E-state index contributed by atoms with van der Waals surface area (Å²) >= 11 is 0. The Bertz CT molecular complexity index is 465. The zero-order valence-corrected chi connectivity index (χ0v) is 8.70. The van der Waals surface area contributed by atoms with Crippen molar-refractivity contribution in [3.8, 4) is 0 Å². The lowest BCUT2D eigenvalue weighted by Crippen LogP contribution is -2.36. The van der Waals surface area contributed by atoms with Crippen LogP contribution < -0.4 is 11.1 Å². The van der Waals surface area contributed by atoms with Gasteiger partial charge in [-0.2, -0.15) is 13.2 Å². The van der Waals surface area contributed by atoms with Gasteiger partial charge in [-0.3, -0.25) is 5.73 Å². The van der Waals surface area contributed by atoms with Crippen molar-refractivity contribution in [1.82, 2.24) is 5.32 Å². The highest BCUT2D eigenvalue weighted by Crippen LogP contribution is 2.32. The van der Waals surface area contributed by atoms with Gasteiger partial charge in [-0.1, -0.05) is 12.1 Å². The summed E-state index contributed by atoms with van der Waals surface area (Å²) in [6, 6.07) is 4.84. The molecule has 1 atom stereocenters. The summed E-state index contributed by atoms with van der Waals surface area (Å²) in [6.07, 6.45) is 0.00271. The Balaban J connectivity index is 2.43. The minimum Gasteiger partial charge on any atom is -0.353 e. The molecule has 1 aliphatic heterocycles. The first kappa shape index (κ1) is 11.7. The van der Waals surface area contributed by atoms with Crippen molar-refractivity contribution < 1.29 is 13.2 Å². The van der Waals surface area contributed by atoms with E-state index in [1.807, 2.05) is 0 Å². The van der Waals surface area contributed by atoms with Crippen LogP contribution in [0.4, 0.5) is 13.2 Å². The van der Waals surface area contributed by atoms with Crippen LogP contribution in [0, 0.1) is 0 Å². The average Bonchev–Trinajstić information content (AvgIpc) is 2.29. The molecule has 0 bridgehead atoms. The largest absolute Gasteiger partial charge is 0.416 e. The van der Waals surface area contributed by atoms with Gasteiger partial charge in [0.2, 0.25) is 0 Å². The molecule has 1 aliphatic rings. The van der Waals surface area contributed by atoms with Crippen molar-refractivity contribution in [3.05, 3.63) is 47.7 Å². The third-order valence-electron chi connectivity index (χ3n) is 2.44. The molecule has 3 nitrogen and oxygen atoms in total. The SMILES string of the molecule is NC1(c2cccc(C(F)(F)F)c2)C=CNC=N1. The molecular weight excluding hydrogens is 231 g/mol. The fraction of sp³-hybridized carbons (Fsp3) is 0.182. The van der Waals surface area contributed by atoms with Gasteiger partial charge < -0.3 is 5.32 Å². The van der Waals surface area contributed by atoms with E-state index in [0.717, 1.165) is 12.1 Å². The van der Waals surface area contributed by atoms with E-state index in [4.69, 9.17) is 5.73 Å². The van der Waals surface area contributed by atoms with E-state index >= 15 is 0 Å². The molecule has 0 saturated heterocycles. The van der Waals surface area contributed by atoms with Crippen LogP contribution >= 0.6 is 0 Å². The number of hydrogen-bond acceptors (Lipinski definition) is 3. The predicted octanol–water partition coefficient (Wildman–Crippen LogP) is 1.96. The lowest BCUT2D eigenvalue weighted by atomic mass is 9.98. The number of hydrogen-bond donors (Lipinski definition) is 2. The van der Waals surface area contributed by atoms with Crippen LogP contribution in [0.2, 0.25) is 0 Å². The average molecular weight is 241 g/mol. The topological polar surface area (TPSA) is 50.4 Å². The van der Waals surface area contributed by atoms with Crippen LogP contribution in [0.5, 0.6) is 0 Å². The first-order valence-electron chi connectivity index (χ1n) is 4.86. The molecule has 0 saturated carbocycles. The Morgan fingerprint density at radius 2 is 2.06 bits per heavy atom. The van der Waals surface area contributed by atoms with Crippen molar-refractivity contribution in [2.45, 2.75) is 11.8 Å². The molecular formula is C11H10F3N3. The first-order valence-corrected chi connectivity index (χ1v) is 4.86. The lowest BCUT2D eigenvalue weighted by Gasteiger charge is -2.24. The molecule has 6 heteroatoms. The summed E-state index contributed by atoms with van der Waals surface area (Å²) in [7, 11) is 0. The van der Waals surface area contributed by atoms with Crippen LogP contribution in [0.1, 0.15) is 11.1 Å². The van der Waals surface area contributed by atoms with Crippen LogP contribution in [0.25, 0.3) is 0 Å². The third-order valence-corrected chi connectivity index (χ3v) is 2.44. The second-order valence-corrected chi connectivity index (χ2v) is 3.66. The lowest BCUT2D eigenvalue weighted by molar-refractivity contribution is -0.137. The molecule has 1 aromatic rings. The summed E-state index contributed by atoms with van der Waals surface area (Å²) in [5.74, 6) is 0. The molecule has 1 heterocycles. The standard InChI is InChI=1S/C11H10F3N3/c12-11(13,14)9-3-1-2-8(6-9)10(15)4-5-16-7-17-10/h1-7H,15H2,(H,16,17). The van der Waals surface area contributed by atoms with E-state index in [-0.39, 0.29) is 0 Å². The second kappa shape index (κ2) is 3.89. The van der Waals surface area contributed by atoms with Crippen LogP contribution in [0.3, 0.4) is 0 Å². The van der Waals surface area contributed by atoms with E-state index in [9.17, 15) is 13.2 Å². The maximum absolute atomic E-state index is 12.6. The highest BCUT2D eigenvalue weighted by atomic mass is 19.4. The zero-order chi connectivity index (χ0) is 12.5. The molecule has 0 radical (unpaired) electrons. The van der Waals surface area contributed by atoms with Crippen molar-refractivity contribution in [1.29, 1.82) is 0 Å². The zero-order valence-electron chi connectivity index (χ0n) is 8.70. The Kier molecular flexibility index (Phi) is 2.66. The number of nitrogens with one attached hydrogen (secondary N) is 1. The summed E-state index contributed by atoms with van der Waals surface area (Å²) in [4.78, 5) is 3.94. The van der Waals surface area contributed by atoms with E-state index in [1.54, 1.807) is 0 Å². The maximum atomic E-state index is 12.6. The van der Waals surface area contributed by atoms with E-state index < -0.39 is 17.4 Å². The molecule has 0 aromatic heterocycles. The van der Waals surface area contributed by atoms with Crippen molar-refractivity contribution >= 4 is 6.34 Å². The normalized spacial score (nSPS) is 23.5. The van der Waals surface area contributed by atoms with E-state index in [0.29, 0.717) is 5.56 Å². The molecule has 2 rings (SSSR count). The van der Waals surface area contributed by atoms with Gasteiger partial charge >= 0.3 is 6.18 Å². The Labute approximate surface area is 95.8 Å². The molecule has 0 fully saturated rings. The third kappa shape index (κ3) is 2.31. The highest BCUT2D eigenvalue weighted by Gasteiger charge is 2.33. The van der Waals surface area contributed by atoms with Crippen molar-refractivity contribution in [3.63, 3.8) is 0 Å². The Morgan fingerprint density at radius 1 is 1.29 bits per heavy atom. The number of aliphatic imine (C=N–C) groups is 1. The minimum atomic E-state index is -4.38. The predicted molar refractivity (Wildman–Crippen MR) is 58.1 cm³/mol. The Morgan fingerprint density at radius 3 is 2.65 bits per heavy atom. The maximum Gasteiger partial charge on any atom is 0.416 e. The minimum absolute atomic E-state index is 0.293. The number of halogens is 3. The monoisotopic (exact) mass is 241 g/mol. The molecule has 1 aromatic carbocycles. The fourth-order valence-electron chi connectivity index (χ4n) is 1.52. The van der Waals surface area contributed by atoms with Gasteiger partial charge in [-0.25, -0.2) is 4.99 Å². The molecule has 1 unspecified atom stereocenters. The fourth-order valence-corrected chi connectivity index (χ4v) is 1.52. The van der Waals surface area contributed by atoms with Crippen LogP contribution in [-0.4, -0.2) is 6.34 Å². The molecule has 0 aliphatic carbocycles. The highest BCUT2D eigenvalue weighted by molar-refractivity contribution is 5.59. The number of benzene rings is 1. The molecule has 3 N–H and O–H groups in total. The van der Waals surface area contributed by atoms with Crippen LogP contribution in [0.15, 0.2) is 41.5 Å². The quantitative estimate of drug-likeness (QED) is 0.789. The summed E-state index contributed by atoms with van der Waals surface area (Å²) < 4.78 is 37.7. The number of nitrogens with two attached hydrogens (primary N) is 1. The van der Waals surface area contributed by atoms with Crippen molar-refractivity contribution in [2.24, 2.45) is 10.7 Å². The number of alkyl halides is 3. The van der Waals surface area contributed by atoms with Gasteiger partial charge in [0, 0.05) is 6.20 Å². The van der Waals surface area contributed by atoms with Gasteiger partial charge in [0.05, 0.1) is 11.9 Å². The summed E-state index contributed by atoms with van der Waals surface area (Å²) in [5, 5.41) is 2.68. The van der Waals surface area contributed by atoms with E-state index in [2.05, 4.69) is 10.3 Å². The molecule has 17 heavy (non-hydrogen) atoms. The summed E-state index contributed by atoms with van der Waals surface area (Å²) in [6.45, 7) is 0. The van der Waals surface area contributed by atoms with Crippen molar-refractivity contribution in [2.75, 3.05) is 0 Å². The molecule has 90 valence electrons. The van der Waals surface area contributed by atoms with Gasteiger partial charge in [0.1, 0.15) is 0 Å². The molecule has 0 spiro atoms. The number of rotatable bonds is 1. The summed E-state index contributed by atoms with van der Waals surface area (Å²) in [5.41, 5.74) is 4.22. The number of nitrogens with zero attached hydrogens (tertiary/aromatic N) is 1. The van der Waals surface area contributed by atoms with Gasteiger partial charge in [0.15, 0.2) is 5.66 Å². The Hall–Kier alpha value is -1.82. The van der Waals surface area contributed by atoms with Crippen LogP contribution in [-0.2, 0) is 11.8 Å². The smallest absolute Gasteiger partial charge is 0.353 e. The van der Waals surface area contributed by atoms with Gasteiger partial charge in [-0.15, -0.1) is 0 Å². The second-order valence-electron chi connectivity index (χ2n) is 3.66. The first-order chi connectivity index (χ1) is 7.92. The van der Waals surface area contributed by atoms with E-state index in [1.165, 1.54) is 30.7 Å². The molecule has 0 amide bonds. The van der Waals surface area contributed by atoms with Gasteiger partial charge in [-0.05, 0) is 23.8 Å².